The minimum Gasteiger partial charge on any atom is -0.324 e. The van der Waals surface area contributed by atoms with E-state index in [1.165, 1.54) is 11.1 Å². The van der Waals surface area contributed by atoms with Crippen molar-refractivity contribution in [2.45, 2.75) is 38.6 Å². The molecule has 0 bridgehead atoms. The molecule has 3 amide bonds. The zero-order valence-corrected chi connectivity index (χ0v) is 14.6. The van der Waals surface area contributed by atoms with Crippen LogP contribution in [0.4, 0.5) is 5.69 Å². The lowest BCUT2D eigenvalue weighted by atomic mass is 9.90. The van der Waals surface area contributed by atoms with Crippen LogP contribution in [-0.2, 0) is 17.6 Å². The number of nitrogens with one attached hydrogen (secondary N) is 1. The maximum absolute atomic E-state index is 12.8. The number of rotatable bonds is 3. The quantitative estimate of drug-likeness (QED) is 0.866. The topological polar surface area (TPSA) is 66.5 Å². The molecular weight excluding hydrogens is 328 g/mol. The van der Waals surface area contributed by atoms with Crippen LogP contribution in [0.5, 0.6) is 0 Å². The lowest BCUT2D eigenvalue weighted by Gasteiger charge is -2.24. The number of aryl methyl sites for hydroxylation is 1. The first kappa shape index (κ1) is 16.5. The third-order valence-corrected chi connectivity index (χ3v) is 5.25. The van der Waals surface area contributed by atoms with Crippen LogP contribution in [0.15, 0.2) is 42.5 Å². The molecule has 0 saturated carbocycles. The summed E-state index contributed by atoms with van der Waals surface area (Å²) in [6.07, 6.45) is 4.23. The Kier molecular flexibility index (Phi) is 4.07. The van der Waals surface area contributed by atoms with Gasteiger partial charge in [0.25, 0.3) is 11.8 Å². The fourth-order valence-corrected chi connectivity index (χ4v) is 3.81. The largest absolute Gasteiger partial charge is 0.324 e. The summed E-state index contributed by atoms with van der Waals surface area (Å²) in [5.41, 5.74) is 3.93. The lowest BCUT2D eigenvalue weighted by Crippen LogP contribution is -2.45. The maximum Gasteiger partial charge on any atom is 0.262 e. The molecule has 0 saturated heterocycles. The van der Waals surface area contributed by atoms with Crippen molar-refractivity contribution in [2.75, 3.05) is 5.32 Å². The van der Waals surface area contributed by atoms with Crippen molar-refractivity contribution in [1.82, 2.24) is 4.90 Å². The molecule has 26 heavy (non-hydrogen) atoms. The van der Waals surface area contributed by atoms with Crippen molar-refractivity contribution < 1.29 is 14.4 Å². The molecule has 1 N–H and O–H groups in total. The van der Waals surface area contributed by atoms with Gasteiger partial charge >= 0.3 is 0 Å². The molecule has 0 spiro atoms. The Balaban J connectivity index is 1.57. The molecule has 1 atom stereocenters. The molecule has 132 valence electrons. The van der Waals surface area contributed by atoms with Gasteiger partial charge < -0.3 is 5.32 Å². The minimum absolute atomic E-state index is 0.349. The summed E-state index contributed by atoms with van der Waals surface area (Å²) < 4.78 is 0. The predicted octanol–water partition coefficient (Wildman–Crippen LogP) is 3.19. The molecule has 1 heterocycles. The van der Waals surface area contributed by atoms with Crippen LogP contribution < -0.4 is 5.32 Å². The molecule has 0 fully saturated rings. The van der Waals surface area contributed by atoms with Gasteiger partial charge in [0.05, 0.1) is 11.1 Å². The van der Waals surface area contributed by atoms with Crippen molar-refractivity contribution in [3.63, 3.8) is 0 Å². The Morgan fingerprint density at radius 2 is 1.62 bits per heavy atom. The van der Waals surface area contributed by atoms with Gasteiger partial charge in [-0.3, -0.25) is 19.3 Å². The summed E-state index contributed by atoms with van der Waals surface area (Å²) in [6, 6.07) is 11.7. The van der Waals surface area contributed by atoms with E-state index in [0.717, 1.165) is 36.3 Å². The highest BCUT2D eigenvalue weighted by Crippen LogP contribution is 2.29. The predicted molar refractivity (Wildman–Crippen MR) is 98.1 cm³/mol. The highest BCUT2D eigenvalue weighted by molar-refractivity contribution is 6.23. The maximum atomic E-state index is 12.8. The van der Waals surface area contributed by atoms with E-state index in [9.17, 15) is 14.4 Å². The number of carbonyl (C=O) groups is 3. The van der Waals surface area contributed by atoms with E-state index in [1.807, 2.05) is 12.1 Å². The highest BCUT2D eigenvalue weighted by atomic mass is 16.2. The molecule has 0 aromatic heterocycles. The Bertz CT molecular complexity index is 884. The summed E-state index contributed by atoms with van der Waals surface area (Å²) in [4.78, 5) is 38.9. The molecule has 2 aliphatic rings. The summed E-state index contributed by atoms with van der Waals surface area (Å²) in [5, 5.41) is 2.93. The molecule has 2 aromatic carbocycles. The third-order valence-electron chi connectivity index (χ3n) is 5.25. The number of fused-ring (bicyclic) bond motifs is 2. The number of imide groups is 1. The first-order valence-corrected chi connectivity index (χ1v) is 8.96. The average molecular weight is 348 g/mol. The number of benzene rings is 2. The summed E-state index contributed by atoms with van der Waals surface area (Å²) in [5.74, 6) is -1.18. The van der Waals surface area contributed by atoms with E-state index >= 15 is 0 Å². The number of carbonyl (C=O) groups excluding carboxylic acids is 3. The number of anilines is 1. The van der Waals surface area contributed by atoms with Crippen LogP contribution in [0.1, 0.15) is 51.6 Å². The van der Waals surface area contributed by atoms with Crippen LogP contribution in [0.2, 0.25) is 0 Å². The van der Waals surface area contributed by atoms with Gasteiger partial charge in [0.1, 0.15) is 6.04 Å². The Morgan fingerprint density at radius 3 is 2.31 bits per heavy atom. The van der Waals surface area contributed by atoms with Crippen LogP contribution in [-0.4, -0.2) is 28.7 Å². The molecule has 2 aromatic rings. The molecule has 5 heteroatoms. The van der Waals surface area contributed by atoms with Crippen molar-refractivity contribution in [3.8, 4) is 0 Å². The Morgan fingerprint density at radius 1 is 0.962 bits per heavy atom. The standard InChI is InChI=1S/C21H20N2O3/c1-13(23-20(25)16-10-4-5-11-17(16)21(23)26)19(24)22-18-12-6-8-14-7-2-3-9-15(14)18/h4-6,8,10-13H,2-3,7,9H2,1H3,(H,22,24). The number of hydrogen-bond acceptors (Lipinski definition) is 3. The van der Waals surface area contributed by atoms with Crippen LogP contribution in [0.25, 0.3) is 0 Å². The first-order chi connectivity index (χ1) is 12.6. The summed E-state index contributed by atoms with van der Waals surface area (Å²) >= 11 is 0. The summed E-state index contributed by atoms with van der Waals surface area (Å²) in [6.45, 7) is 1.59. The second-order valence-corrected chi connectivity index (χ2v) is 6.84. The van der Waals surface area contributed by atoms with Crippen LogP contribution in [0.3, 0.4) is 0 Å². The van der Waals surface area contributed by atoms with Gasteiger partial charge in [0.15, 0.2) is 0 Å². The summed E-state index contributed by atoms with van der Waals surface area (Å²) in [7, 11) is 0. The molecule has 1 unspecified atom stereocenters. The Hall–Kier alpha value is -2.95. The van der Waals surface area contributed by atoms with Gasteiger partial charge in [-0.05, 0) is 61.9 Å². The minimum atomic E-state index is -0.873. The third kappa shape index (κ3) is 2.60. The molecule has 0 radical (unpaired) electrons. The monoisotopic (exact) mass is 348 g/mol. The van der Waals surface area contributed by atoms with E-state index in [-0.39, 0.29) is 5.91 Å². The molecule has 1 aliphatic carbocycles. The van der Waals surface area contributed by atoms with Gasteiger partial charge in [-0.25, -0.2) is 0 Å². The van der Waals surface area contributed by atoms with Crippen molar-refractivity contribution in [3.05, 3.63) is 64.7 Å². The van der Waals surface area contributed by atoms with Crippen molar-refractivity contribution in [2.24, 2.45) is 0 Å². The van der Waals surface area contributed by atoms with Gasteiger partial charge in [-0.1, -0.05) is 24.3 Å². The van der Waals surface area contributed by atoms with Gasteiger partial charge in [0, 0.05) is 5.69 Å². The molecular formula is C21H20N2O3. The van der Waals surface area contributed by atoms with Gasteiger partial charge in [0.2, 0.25) is 5.91 Å². The molecule has 4 rings (SSSR count). The zero-order valence-electron chi connectivity index (χ0n) is 14.6. The van der Waals surface area contributed by atoms with E-state index in [1.54, 1.807) is 31.2 Å². The second-order valence-electron chi connectivity index (χ2n) is 6.84. The van der Waals surface area contributed by atoms with E-state index < -0.39 is 17.9 Å². The number of nitrogens with zero attached hydrogens (tertiary/aromatic N) is 1. The fraction of sp³-hybridized carbons (Fsp3) is 0.286. The van der Waals surface area contributed by atoms with E-state index in [0.29, 0.717) is 11.1 Å². The van der Waals surface area contributed by atoms with Crippen molar-refractivity contribution >= 4 is 23.4 Å². The SMILES string of the molecule is CC(C(=O)Nc1cccc2c1CCCC2)N1C(=O)c2ccccc2C1=O. The zero-order chi connectivity index (χ0) is 18.3. The number of hydrogen-bond donors (Lipinski definition) is 1. The highest BCUT2D eigenvalue weighted by Gasteiger charge is 2.40. The van der Waals surface area contributed by atoms with Crippen molar-refractivity contribution in [1.29, 1.82) is 0 Å². The average Bonchev–Trinajstić information content (AvgIpc) is 2.92. The molecule has 1 aliphatic heterocycles. The van der Waals surface area contributed by atoms with Gasteiger partial charge in [-0.2, -0.15) is 0 Å². The normalized spacial score (nSPS) is 16.9. The molecule has 5 nitrogen and oxygen atoms in total. The second kappa shape index (κ2) is 6.41. The number of amides is 3. The van der Waals surface area contributed by atoms with E-state index in [2.05, 4.69) is 11.4 Å². The van der Waals surface area contributed by atoms with Crippen LogP contribution in [0, 0.1) is 0 Å². The first-order valence-electron chi connectivity index (χ1n) is 8.96. The van der Waals surface area contributed by atoms with Crippen LogP contribution >= 0.6 is 0 Å². The Labute approximate surface area is 152 Å². The van der Waals surface area contributed by atoms with Gasteiger partial charge in [-0.15, -0.1) is 0 Å². The smallest absolute Gasteiger partial charge is 0.262 e. The lowest BCUT2D eigenvalue weighted by molar-refractivity contribution is -0.119. The van der Waals surface area contributed by atoms with E-state index in [4.69, 9.17) is 0 Å². The fourth-order valence-electron chi connectivity index (χ4n) is 3.81.